The molecule has 0 radical (unpaired) electrons. The van der Waals surface area contributed by atoms with Gasteiger partial charge in [-0.05, 0) is 32.4 Å². The van der Waals surface area contributed by atoms with Crippen LogP contribution in [-0.4, -0.2) is 35.4 Å². The number of carbonyl (C=O) groups excluding carboxylic acids is 1. The number of rotatable bonds is 6. The Morgan fingerprint density at radius 2 is 2.21 bits per heavy atom. The van der Waals surface area contributed by atoms with Crippen molar-refractivity contribution in [3.05, 3.63) is 42.2 Å². The van der Waals surface area contributed by atoms with E-state index in [4.69, 9.17) is 4.74 Å². The molecular weight excluding hydrogens is 304 g/mol. The van der Waals surface area contributed by atoms with Gasteiger partial charge >= 0.3 is 0 Å². The number of methoxy groups -OCH3 is 1. The van der Waals surface area contributed by atoms with Crippen molar-refractivity contribution in [2.75, 3.05) is 18.6 Å². The van der Waals surface area contributed by atoms with E-state index in [1.807, 2.05) is 41.3 Å². The normalized spacial score (nSPS) is 18.9. The number of hydrogen-bond donors (Lipinski definition) is 1. The van der Waals surface area contributed by atoms with Crippen molar-refractivity contribution in [3.8, 4) is 5.75 Å². The van der Waals surface area contributed by atoms with Gasteiger partial charge in [-0.3, -0.25) is 14.8 Å². The summed E-state index contributed by atoms with van der Waals surface area (Å²) in [4.78, 5) is 14.6. The third kappa shape index (κ3) is 3.14. The second-order valence-electron chi connectivity index (χ2n) is 6.02. The molecule has 0 aliphatic carbocycles. The summed E-state index contributed by atoms with van der Waals surface area (Å²) >= 11 is 0. The van der Waals surface area contributed by atoms with E-state index in [-0.39, 0.29) is 18.0 Å². The summed E-state index contributed by atoms with van der Waals surface area (Å²) in [6.07, 6.45) is 4.66. The predicted octanol–water partition coefficient (Wildman–Crippen LogP) is 2.37. The van der Waals surface area contributed by atoms with Crippen LogP contribution in [0.4, 0.5) is 5.69 Å². The maximum atomic E-state index is 12.8. The molecule has 2 atom stereocenters. The van der Waals surface area contributed by atoms with Gasteiger partial charge in [0.2, 0.25) is 5.91 Å². The topological polar surface area (TPSA) is 59.4 Å². The lowest BCUT2D eigenvalue weighted by Gasteiger charge is -2.21. The van der Waals surface area contributed by atoms with Gasteiger partial charge < -0.3 is 9.64 Å². The largest absolute Gasteiger partial charge is 0.495 e. The Labute approximate surface area is 142 Å². The summed E-state index contributed by atoms with van der Waals surface area (Å²) in [5.41, 5.74) is 1.93. The molecule has 1 aliphatic heterocycles. The van der Waals surface area contributed by atoms with Crippen LogP contribution in [0.5, 0.6) is 5.75 Å². The minimum absolute atomic E-state index is 0.0804. The summed E-state index contributed by atoms with van der Waals surface area (Å²) in [5, 5.41) is 7.73. The van der Waals surface area contributed by atoms with Crippen LogP contribution in [0.15, 0.2) is 36.7 Å². The summed E-state index contributed by atoms with van der Waals surface area (Å²) < 4.78 is 7.28. The zero-order chi connectivity index (χ0) is 17.1. The lowest BCUT2D eigenvalue weighted by Crippen LogP contribution is -2.39. The van der Waals surface area contributed by atoms with E-state index in [1.165, 1.54) is 0 Å². The molecule has 1 aliphatic rings. The van der Waals surface area contributed by atoms with Crippen molar-refractivity contribution < 1.29 is 9.53 Å². The lowest BCUT2D eigenvalue weighted by atomic mass is 10.1. The monoisotopic (exact) mass is 328 g/mol. The minimum Gasteiger partial charge on any atom is -0.495 e. The van der Waals surface area contributed by atoms with Crippen molar-refractivity contribution in [3.63, 3.8) is 0 Å². The second-order valence-corrected chi connectivity index (χ2v) is 6.02. The first-order chi connectivity index (χ1) is 11.6. The number of amides is 1. The minimum atomic E-state index is -0.185. The molecule has 6 nitrogen and oxygen atoms in total. The summed E-state index contributed by atoms with van der Waals surface area (Å²) in [6.45, 7) is 5.66. The molecular formula is C18H24N4O2. The molecule has 0 spiro atoms. The molecule has 128 valence electrons. The molecule has 1 N–H and O–H groups in total. The SMILES string of the molecule is CCn1cc([C@H](C)N[C@H]2CCN(c3ccccc3OC)C2=O)cn1. The zero-order valence-corrected chi connectivity index (χ0v) is 14.4. The fraction of sp³-hybridized carbons (Fsp3) is 0.444. The van der Waals surface area contributed by atoms with Crippen LogP contribution in [0.3, 0.4) is 0 Å². The van der Waals surface area contributed by atoms with Gasteiger partial charge in [-0.1, -0.05) is 12.1 Å². The molecule has 24 heavy (non-hydrogen) atoms. The van der Waals surface area contributed by atoms with Crippen LogP contribution >= 0.6 is 0 Å². The van der Waals surface area contributed by atoms with Crippen LogP contribution in [0.25, 0.3) is 0 Å². The first kappa shape index (κ1) is 16.5. The molecule has 0 saturated carbocycles. The summed E-state index contributed by atoms with van der Waals surface area (Å²) in [7, 11) is 1.63. The van der Waals surface area contributed by atoms with Crippen LogP contribution in [0.1, 0.15) is 31.9 Å². The molecule has 3 rings (SSSR count). The Morgan fingerprint density at radius 1 is 1.42 bits per heavy atom. The quantitative estimate of drug-likeness (QED) is 0.884. The Bertz CT molecular complexity index is 713. The standard InChI is InChI=1S/C18H24N4O2/c1-4-21-12-14(11-19-21)13(2)20-15-9-10-22(18(15)23)16-7-5-6-8-17(16)24-3/h5-8,11-13,15,20H,4,9-10H2,1-3H3/t13-,15-/m0/s1. The zero-order valence-electron chi connectivity index (χ0n) is 14.4. The molecule has 1 aromatic heterocycles. The molecule has 0 unspecified atom stereocenters. The van der Waals surface area contributed by atoms with Gasteiger partial charge in [-0.25, -0.2) is 0 Å². The molecule has 6 heteroatoms. The first-order valence-corrected chi connectivity index (χ1v) is 8.36. The third-order valence-electron chi connectivity index (χ3n) is 4.51. The van der Waals surface area contributed by atoms with Gasteiger partial charge in [0.15, 0.2) is 0 Å². The summed E-state index contributed by atoms with van der Waals surface area (Å²) in [5.74, 6) is 0.818. The highest BCUT2D eigenvalue weighted by atomic mass is 16.5. The Hall–Kier alpha value is -2.34. The number of para-hydroxylation sites is 2. The third-order valence-corrected chi connectivity index (χ3v) is 4.51. The fourth-order valence-electron chi connectivity index (χ4n) is 3.10. The van der Waals surface area contributed by atoms with Crippen LogP contribution in [-0.2, 0) is 11.3 Å². The number of aromatic nitrogens is 2. The van der Waals surface area contributed by atoms with E-state index in [9.17, 15) is 4.79 Å². The Morgan fingerprint density at radius 3 is 2.92 bits per heavy atom. The average molecular weight is 328 g/mol. The smallest absolute Gasteiger partial charge is 0.244 e. The van der Waals surface area contributed by atoms with Gasteiger partial charge in [0.25, 0.3) is 0 Å². The van der Waals surface area contributed by atoms with E-state index < -0.39 is 0 Å². The molecule has 1 saturated heterocycles. The molecule has 0 bridgehead atoms. The first-order valence-electron chi connectivity index (χ1n) is 8.36. The van der Waals surface area contributed by atoms with Crippen molar-refractivity contribution >= 4 is 11.6 Å². The van der Waals surface area contributed by atoms with Crippen molar-refractivity contribution in [1.29, 1.82) is 0 Å². The predicted molar refractivity (Wildman–Crippen MR) is 93.2 cm³/mol. The highest BCUT2D eigenvalue weighted by molar-refractivity contribution is 6.00. The highest BCUT2D eigenvalue weighted by Gasteiger charge is 2.34. The van der Waals surface area contributed by atoms with Crippen molar-refractivity contribution in [2.24, 2.45) is 0 Å². The van der Waals surface area contributed by atoms with Gasteiger partial charge in [0, 0.05) is 30.9 Å². The van der Waals surface area contributed by atoms with Crippen molar-refractivity contribution in [2.45, 2.75) is 38.9 Å². The van der Waals surface area contributed by atoms with Crippen LogP contribution in [0, 0.1) is 0 Å². The van der Waals surface area contributed by atoms with Gasteiger partial charge in [0.1, 0.15) is 5.75 Å². The van der Waals surface area contributed by atoms with Gasteiger partial charge in [-0.2, -0.15) is 5.10 Å². The maximum Gasteiger partial charge on any atom is 0.244 e. The van der Waals surface area contributed by atoms with E-state index in [1.54, 1.807) is 12.0 Å². The number of nitrogens with one attached hydrogen (secondary N) is 1. The molecule has 1 fully saturated rings. The van der Waals surface area contributed by atoms with Gasteiger partial charge in [0.05, 0.1) is 25.0 Å². The molecule has 2 aromatic rings. The number of nitrogens with zero attached hydrogens (tertiary/aromatic N) is 3. The molecule has 1 amide bonds. The summed E-state index contributed by atoms with van der Waals surface area (Å²) in [6, 6.07) is 7.53. The maximum absolute atomic E-state index is 12.8. The van der Waals surface area contributed by atoms with E-state index in [2.05, 4.69) is 24.3 Å². The lowest BCUT2D eigenvalue weighted by molar-refractivity contribution is -0.119. The number of benzene rings is 1. The Balaban J connectivity index is 1.70. The van der Waals surface area contributed by atoms with E-state index in [0.29, 0.717) is 6.54 Å². The van der Waals surface area contributed by atoms with Crippen LogP contribution in [0.2, 0.25) is 0 Å². The number of hydrogen-bond acceptors (Lipinski definition) is 4. The number of anilines is 1. The number of ether oxygens (including phenoxy) is 1. The van der Waals surface area contributed by atoms with Gasteiger partial charge in [-0.15, -0.1) is 0 Å². The fourth-order valence-corrected chi connectivity index (χ4v) is 3.10. The average Bonchev–Trinajstić information content (AvgIpc) is 3.22. The molecule has 1 aromatic carbocycles. The Kier molecular flexibility index (Phi) is 4.85. The molecule has 2 heterocycles. The highest BCUT2D eigenvalue weighted by Crippen LogP contribution is 2.31. The second kappa shape index (κ2) is 7.05. The number of aryl methyl sites for hydroxylation is 1. The number of carbonyl (C=O) groups is 1. The van der Waals surface area contributed by atoms with E-state index in [0.717, 1.165) is 30.0 Å². The van der Waals surface area contributed by atoms with Crippen LogP contribution < -0.4 is 15.0 Å². The van der Waals surface area contributed by atoms with Crippen molar-refractivity contribution in [1.82, 2.24) is 15.1 Å². The van der Waals surface area contributed by atoms with E-state index >= 15 is 0 Å².